The van der Waals surface area contributed by atoms with E-state index in [1.54, 1.807) is 35.7 Å². The number of aryl methyl sites for hydroxylation is 1. The van der Waals surface area contributed by atoms with Gasteiger partial charge in [-0.3, -0.25) is 14.4 Å². The Morgan fingerprint density at radius 2 is 1.76 bits per heavy atom. The van der Waals surface area contributed by atoms with E-state index in [1.165, 1.54) is 40.7 Å². The molecule has 9 heteroatoms. The van der Waals surface area contributed by atoms with Crippen LogP contribution in [0.25, 0.3) is 0 Å². The molecule has 190 valence electrons. The molecule has 2 heterocycles. The van der Waals surface area contributed by atoms with E-state index in [0.29, 0.717) is 10.6 Å². The van der Waals surface area contributed by atoms with Gasteiger partial charge in [-0.15, -0.1) is 11.3 Å². The topological polar surface area (TPSA) is 91.7 Å². The van der Waals surface area contributed by atoms with Gasteiger partial charge in [0.25, 0.3) is 5.91 Å². The van der Waals surface area contributed by atoms with Crippen molar-refractivity contribution in [3.8, 4) is 0 Å². The molecule has 0 aliphatic rings. The predicted octanol–water partition coefficient (Wildman–Crippen LogP) is 4.60. The summed E-state index contributed by atoms with van der Waals surface area (Å²) in [6.07, 6.45) is 1.49. The molecule has 7 nitrogen and oxygen atoms in total. The number of amides is 3. The SMILES string of the molecule is Cc1ccc(CN(C(=O)CNC(=O)c2cccs2)[C@H](C(=O)NCc2ccco2)c2ccccc2F)cc1. The maximum Gasteiger partial charge on any atom is 0.261 e. The predicted molar refractivity (Wildman–Crippen MR) is 138 cm³/mol. The summed E-state index contributed by atoms with van der Waals surface area (Å²) in [5.41, 5.74) is 1.83. The lowest BCUT2D eigenvalue weighted by atomic mass is 10.0. The summed E-state index contributed by atoms with van der Waals surface area (Å²) in [5, 5.41) is 7.13. The Bertz CT molecular complexity index is 1340. The summed E-state index contributed by atoms with van der Waals surface area (Å²) in [5.74, 6) is -1.62. The van der Waals surface area contributed by atoms with Gasteiger partial charge in [0.2, 0.25) is 11.8 Å². The van der Waals surface area contributed by atoms with Crippen LogP contribution in [0.2, 0.25) is 0 Å². The Morgan fingerprint density at radius 1 is 0.973 bits per heavy atom. The first-order chi connectivity index (χ1) is 17.9. The fraction of sp³-hybridized carbons (Fsp3) is 0.179. The molecule has 4 aromatic rings. The van der Waals surface area contributed by atoms with Gasteiger partial charge in [-0.25, -0.2) is 4.39 Å². The molecule has 2 aromatic heterocycles. The van der Waals surface area contributed by atoms with Crippen molar-refractivity contribution in [2.75, 3.05) is 6.54 Å². The van der Waals surface area contributed by atoms with Crippen LogP contribution in [0.1, 0.15) is 38.2 Å². The third-order valence-electron chi connectivity index (χ3n) is 5.72. The van der Waals surface area contributed by atoms with Crippen molar-refractivity contribution >= 4 is 29.1 Å². The lowest BCUT2D eigenvalue weighted by Gasteiger charge is -2.32. The van der Waals surface area contributed by atoms with Crippen molar-refractivity contribution in [1.82, 2.24) is 15.5 Å². The zero-order valence-electron chi connectivity index (χ0n) is 20.1. The molecular formula is C28H26FN3O4S. The van der Waals surface area contributed by atoms with E-state index in [9.17, 15) is 14.4 Å². The van der Waals surface area contributed by atoms with Gasteiger partial charge in [0.15, 0.2) is 0 Å². The van der Waals surface area contributed by atoms with E-state index >= 15 is 4.39 Å². The molecule has 0 radical (unpaired) electrons. The Morgan fingerprint density at radius 3 is 2.43 bits per heavy atom. The van der Waals surface area contributed by atoms with E-state index in [2.05, 4.69) is 10.6 Å². The van der Waals surface area contributed by atoms with Crippen molar-refractivity contribution in [3.63, 3.8) is 0 Å². The lowest BCUT2D eigenvalue weighted by Crippen LogP contribution is -2.47. The second-order valence-electron chi connectivity index (χ2n) is 8.39. The van der Waals surface area contributed by atoms with Crippen molar-refractivity contribution in [3.05, 3.63) is 118 Å². The van der Waals surface area contributed by atoms with Gasteiger partial charge in [-0.2, -0.15) is 0 Å². The van der Waals surface area contributed by atoms with Crippen LogP contribution in [0.5, 0.6) is 0 Å². The standard InChI is InChI=1S/C28H26FN3O4S/c1-19-10-12-20(13-11-19)18-32(25(33)17-31-27(34)24-9-5-15-37-24)26(22-7-2-3-8-23(22)29)28(35)30-16-21-6-4-14-36-21/h2-15,26H,16-18H2,1H3,(H,30,35)(H,31,34)/t26-/m0/s1. The summed E-state index contributed by atoms with van der Waals surface area (Å²) >= 11 is 1.25. The first-order valence-electron chi connectivity index (χ1n) is 11.6. The summed E-state index contributed by atoms with van der Waals surface area (Å²) in [6.45, 7) is 1.68. The molecule has 1 atom stereocenters. The zero-order valence-corrected chi connectivity index (χ0v) is 21.0. The van der Waals surface area contributed by atoms with Gasteiger partial charge in [0, 0.05) is 12.1 Å². The maximum absolute atomic E-state index is 15.0. The molecule has 3 amide bonds. The fourth-order valence-corrected chi connectivity index (χ4v) is 4.44. The van der Waals surface area contributed by atoms with Crippen LogP contribution in [0.3, 0.4) is 0 Å². The second kappa shape index (κ2) is 12.1. The first kappa shape index (κ1) is 25.8. The Hall–Kier alpha value is -4.24. The number of halogens is 1. The third kappa shape index (κ3) is 6.71. The highest BCUT2D eigenvalue weighted by atomic mass is 32.1. The van der Waals surface area contributed by atoms with E-state index in [0.717, 1.165) is 11.1 Å². The smallest absolute Gasteiger partial charge is 0.261 e. The van der Waals surface area contributed by atoms with E-state index in [1.807, 2.05) is 31.2 Å². The maximum atomic E-state index is 15.0. The number of benzene rings is 2. The molecule has 37 heavy (non-hydrogen) atoms. The Balaban J connectivity index is 1.65. The number of rotatable bonds is 10. The average molecular weight is 520 g/mol. The molecule has 4 rings (SSSR count). The number of hydrogen-bond donors (Lipinski definition) is 2. The van der Waals surface area contributed by atoms with Crippen molar-refractivity contribution in [2.24, 2.45) is 0 Å². The van der Waals surface area contributed by atoms with Gasteiger partial charge >= 0.3 is 0 Å². The summed E-state index contributed by atoms with van der Waals surface area (Å²) < 4.78 is 20.3. The summed E-state index contributed by atoms with van der Waals surface area (Å²) in [7, 11) is 0. The first-order valence-corrected chi connectivity index (χ1v) is 12.5. The highest BCUT2D eigenvalue weighted by Crippen LogP contribution is 2.26. The molecule has 0 saturated carbocycles. The van der Waals surface area contributed by atoms with Gasteiger partial charge in [0.1, 0.15) is 17.6 Å². The number of thiophene rings is 1. The van der Waals surface area contributed by atoms with Crippen LogP contribution in [-0.4, -0.2) is 29.2 Å². The molecule has 0 unspecified atom stereocenters. The van der Waals surface area contributed by atoms with Crippen molar-refractivity contribution in [2.45, 2.75) is 26.1 Å². The molecule has 0 fully saturated rings. The van der Waals surface area contributed by atoms with Crippen LogP contribution in [0.15, 0.2) is 88.9 Å². The molecule has 2 aromatic carbocycles. The number of nitrogens with zero attached hydrogens (tertiary/aromatic N) is 1. The third-order valence-corrected chi connectivity index (χ3v) is 6.58. The molecule has 0 aliphatic heterocycles. The number of nitrogens with one attached hydrogen (secondary N) is 2. The second-order valence-corrected chi connectivity index (χ2v) is 9.34. The number of hydrogen-bond acceptors (Lipinski definition) is 5. The normalized spacial score (nSPS) is 11.5. The quantitative estimate of drug-likeness (QED) is 0.320. The van der Waals surface area contributed by atoms with E-state index in [-0.39, 0.29) is 25.2 Å². The Kier molecular flexibility index (Phi) is 8.48. The lowest BCUT2D eigenvalue weighted by molar-refractivity contribution is -0.141. The van der Waals surface area contributed by atoms with Crippen LogP contribution >= 0.6 is 11.3 Å². The molecule has 2 N–H and O–H groups in total. The Labute approximate surface area is 217 Å². The molecule has 0 spiro atoms. The van der Waals surface area contributed by atoms with Crippen LogP contribution in [0, 0.1) is 12.7 Å². The minimum atomic E-state index is -1.29. The largest absolute Gasteiger partial charge is 0.467 e. The summed E-state index contributed by atoms with van der Waals surface area (Å²) in [4.78, 5) is 41.3. The highest BCUT2D eigenvalue weighted by Gasteiger charge is 2.33. The monoisotopic (exact) mass is 519 g/mol. The molecule has 0 saturated heterocycles. The van der Waals surface area contributed by atoms with E-state index in [4.69, 9.17) is 4.42 Å². The average Bonchev–Trinajstić information content (AvgIpc) is 3.62. The van der Waals surface area contributed by atoms with Gasteiger partial charge in [0.05, 0.1) is 24.2 Å². The number of furan rings is 1. The van der Waals surface area contributed by atoms with Crippen molar-refractivity contribution in [1.29, 1.82) is 0 Å². The molecule has 0 aliphatic carbocycles. The van der Waals surface area contributed by atoms with Crippen LogP contribution < -0.4 is 10.6 Å². The van der Waals surface area contributed by atoms with Crippen LogP contribution in [-0.2, 0) is 22.7 Å². The molecular weight excluding hydrogens is 493 g/mol. The number of carbonyl (C=O) groups is 3. The van der Waals surface area contributed by atoms with Gasteiger partial charge < -0.3 is 20.0 Å². The van der Waals surface area contributed by atoms with Crippen LogP contribution in [0.4, 0.5) is 4.39 Å². The number of carbonyl (C=O) groups excluding carboxylic acids is 3. The highest BCUT2D eigenvalue weighted by molar-refractivity contribution is 7.12. The van der Waals surface area contributed by atoms with Gasteiger partial charge in [-0.1, -0.05) is 54.1 Å². The van der Waals surface area contributed by atoms with E-state index < -0.39 is 29.6 Å². The minimum absolute atomic E-state index is 0.0289. The zero-order chi connectivity index (χ0) is 26.2. The van der Waals surface area contributed by atoms with Crippen molar-refractivity contribution < 1.29 is 23.2 Å². The fourth-order valence-electron chi connectivity index (χ4n) is 3.80. The van der Waals surface area contributed by atoms with Gasteiger partial charge in [-0.05, 0) is 42.1 Å². The minimum Gasteiger partial charge on any atom is -0.467 e. The molecule has 0 bridgehead atoms. The summed E-state index contributed by atoms with van der Waals surface area (Å²) in [6, 6.07) is 18.8.